The van der Waals surface area contributed by atoms with Crippen molar-refractivity contribution >= 4 is 11.9 Å². The second kappa shape index (κ2) is 9.72. The monoisotopic (exact) mass is 377 g/mol. The topological polar surface area (TPSA) is 62.7 Å². The number of nitrogens with zero attached hydrogens (tertiary/aromatic N) is 1. The highest BCUT2D eigenvalue weighted by Crippen LogP contribution is 2.26. The smallest absolute Gasteiger partial charge is 0.308 e. The van der Waals surface area contributed by atoms with Gasteiger partial charge in [-0.3, -0.25) is 9.79 Å². The van der Waals surface area contributed by atoms with Crippen LogP contribution in [0.4, 0.5) is 4.39 Å². The molecule has 0 saturated heterocycles. The second-order valence-corrected chi connectivity index (χ2v) is 7.76. The molecule has 0 radical (unpaired) electrons. The number of rotatable bonds is 6. The maximum Gasteiger partial charge on any atom is 0.308 e. The number of guanidine groups is 1. The fourth-order valence-electron chi connectivity index (χ4n) is 3.44. The number of ether oxygens (including phenoxy) is 1. The molecule has 6 heteroatoms. The van der Waals surface area contributed by atoms with Crippen LogP contribution in [0.5, 0.6) is 0 Å². The summed E-state index contributed by atoms with van der Waals surface area (Å²) in [7, 11) is 1.74. The zero-order chi connectivity index (χ0) is 19.9. The van der Waals surface area contributed by atoms with E-state index in [0.29, 0.717) is 19.2 Å². The summed E-state index contributed by atoms with van der Waals surface area (Å²) in [6.07, 6.45) is 3.50. The van der Waals surface area contributed by atoms with Gasteiger partial charge in [0.15, 0.2) is 5.96 Å². The van der Waals surface area contributed by atoms with Crippen LogP contribution in [0.2, 0.25) is 0 Å². The zero-order valence-electron chi connectivity index (χ0n) is 16.8. The predicted octanol–water partition coefficient (Wildman–Crippen LogP) is 3.39. The molecule has 0 heterocycles. The maximum absolute atomic E-state index is 13.5. The molecule has 1 aliphatic carbocycles. The largest absolute Gasteiger partial charge is 0.466 e. The van der Waals surface area contributed by atoms with Crippen LogP contribution in [0.25, 0.3) is 0 Å². The molecule has 0 unspecified atom stereocenters. The van der Waals surface area contributed by atoms with Crippen LogP contribution in [0.3, 0.4) is 0 Å². The summed E-state index contributed by atoms with van der Waals surface area (Å²) >= 11 is 0. The molecule has 1 aliphatic rings. The minimum atomic E-state index is -0.235. The third-order valence-electron chi connectivity index (χ3n) is 5.22. The number of hydrogen-bond acceptors (Lipinski definition) is 3. The van der Waals surface area contributed by atoms with E-state index in [9.17, 15) is 9.18 Å². The Morgan fingerprint density at radius 2 is 2.00 bits per heavy atom. The molecule has 0 aromatic heterocycles. The van der Waals surface area contributed by atoms with E-state index in [1.807, 2.05) is 13.0 Å². The molecule has 150 valence electrons. The summed E-state index contributed by atoms with van der Waals surface area (Å²) in [4.78, 5) is 16.2. The number of esters is 1. The van der Waals surface area contributed by atoms with Crippen LogP contribution in [0.1, 0.15) is 52.0 Å². The lowest BCUT2D eigenvalue weighted by molar-refractivity contribution is -0.149. The summed E-state index contributed by atoms with van der Waals surface area (Å²) in [6, 6.07) is 7.01. The standard InChI is InChI=1S/C21H32FN3O2/c1-5-27-19(26)15-9-11-18(12-10-15)25-20(23-4)24-14-21(2,3)16-7-6-8-17(22)13-16/h6-8,13,15,18H,5,9-12,14H2,1-4H3,(H2,23,24,25). The number of carbonyl (C=O) groups excluding carboxylic acids is 1. The molecule has 2 N–H and O–H groups in total. The van der Waals surface area contributed by atoms with Crippen LogP contribution in [0.15, 0.2) is 29.3 Å². The molecule has 27 heavy (non-hydrogen) atoms. The Hall–Kier alpha value is -2.11. The first kappa shape index (κ1) is 21.2. The first-order valence-electron chi connectivity index (χ1n) is 9.75. The second-order valence-electron chi connectivity index (χ2n) is 7.76. The van der Waals surface area contributed by atoms with Gasteiger partial charge in [-0.25, -0.2) is 4.39 Å². The van der Waals surface area contributed by atoms with E-state index >= 15 is 0 Å². The molecule has 0 amide bonds. The molecular weight excluding hydrogens is 345 g/mol. The van der Waals surface area contributed by atoms with Crippen molar-refractivity contribution in [3.05, 3.63) is 35.6 Å². The highest BCUT2D eigenvalue weighted by atomic mass is 19.1. The van der Waals surface area contributed by atoms with Gasteiger partial charge < -0.3 is 15.4 Å². The minimum Gasteiger partial charge on any atom is -0.466 e. The third kappa shape index (κ3) is 6.22. The average molecular weight is 378 g/mol. The number of halogens is 1. The molecule has 1 fully saturated rings. The lowest BCUT2D eigenvalue weighted by atomic mass is 9.84. The molecule has 0 atom stereocenters. The molecule has 0 bridgehead atoms. The van der Waals surface area contributed by atoms with Gasteiger partial charge in [-0.15, -0.1) is 0 Å². The van der Waals surface area contributed by atoms with E-state index in [1.54, 1.807) is 19.2 Å². The van der Waals surface area contributed by atoms with E-state index in [-0.39, 0.29) is 23.1 Å². The fraction of sp³-hybridized carbons (Fsp3) is 0.619. The molecular formula is C21H32FN3O2. The highest BCUT2D eigenvalue weighted by molar-refractivity contribution is 5.80. The Balaban J connectivity index is 1.83. The van der Waals surface area contributed by atoms with Gasteiger partial charge in [-0.2, -0.15) is 0 Å². The molecule has 1 aromatic carbocycles. The summed E-state index contributed by atoms with van der Waals surface area (Å²) < 4.78 is 18.6. The van der Waals surface area contributed by atoms with Crippen LogP contribution < -0.4 is 10.6 Å². The van der Waals surface area contributed by atoms with E-state index in [0.717, 1.165) is 37.2 Å². The number of aliphatic imine (C=N–C) groups is 1. The van der Waals surface area contributed by atoms with Crippen molar-refractivity contribution in [2.75, 3.05) is 20.2 Å². The first-order chi connectivity index (χ1) is 12.9. The Labute approximate surface area is 161 Å². The number of carbonyl (C=O) groups is 1. The van der Waals surface area contributed by atoms with E-state index in [4.69, 9.17) is 4.74 Å². The lowest BCUT2D eigenvalue weighted by Crippen LogP contribution is -2.48. The van der Waals surface area contributed by atoms with Gasteiger partial charge in [0, 0.05) is 25.0 Å². The first-order valence-corrected chi connectivity index (χ1v) is 9.75. The molecule has 2 rings (SSSR count). The van der Waals surface area contributed by atoms with E-state index < -0.39 is 0 Å². The lowest BCUT2D eigenvalue weighted by Gasteiger charge is -2.31. The van der Waals surface area contributed by atoms with Crippen molar-refractivity contribution in [3.63, 3.8) is 0 Å². The average Bonchev–Trinajstić information content (AvgIpc) is 2.66. The molecule has 5 nitrogen and oxygen atoms in total. The Morgan fingerprint density at radius 1 is 1.30 bits per heavy atom. The highest BCUT2D eigenvalue weighted by Gasteiger charge is 2.28. The van der Waals surface area contributed by atoms with Crippen LogP contribution >= 0.6 is 0 Å². The van der Waals surface area contributed by atoms with Gasteiger partial charge in [0.1, 0.15) is 5.82 Å². The molecule has 0 aliphatic heterocycles. The molecule has 0 spiro atoms. The van der Waals surface area contributed by atoms with E-state index in [1.165, 1.54) is 6.07 Å². The van der Waals surface area contributed by atoms with Gasteiger partial charge >= 0.3 is 5.97 Å². The summed E-state index contributed by atoms with van der Waals surface area (Å²) in [5.41, 5.74) is 0.710. The van der Waals surface area contributed by atoms with Crippen molar-refractivity contribution in [2.45, 2.75) is 57.9 Å². The summed E-state index contributed by atoms with van der Waals surface area (Å²) in [6.45, 7) is 7.06. The van der Waals surface area contributed by atoms with Gasteiger partial charge in [0.05, 0.1) is 12.5 Å². The number of benzene rings is 1. The molecule has 1 saturated carbocycles. The Kier molecular flexibility index (Phi) is 7.63. The van der Waals surface area contributed by atoms with Gasteiger partial charge in [-0.05, 0) is 50.3 Å². The minimum absolute atomic E-state index is 0.0184. The van der Waals surface area contributed by atoms with Crippen molar-refractivity contribution in [1.29, 1.82) is 0 Å². The fourth-order valence-corrected chi connectivity index (χ4v) is 3.44. The molecule has 1 aromatic rings. The third-order valence-corrected chi connectivity index (χ3v) is 5.22. The van der Waals surface area contributed by atoms with Crippen molar-refractivity contribution in [1.82, 2.24) is 10.6 Å². The number of hydrogen-bond donors (Lipinski definition) is 2. The van der Waals surface area contributed by atoms with Crippen LogP contribution in [0, 0.1) is 11.7 Å². The van der Waals surface area contributed by atoms with Crippen LogP contribution in [-0.2, 0) is 14.9 Å². The van der Waals surface area contributed by atoms with Gasteiger partial charge in [0.2, 0.25) is 0 Å². The zero-order valence-corrected chi connectivity index (χ0v) is 16.8. The maximum atomic E-state index is 13.5. The van der Waals surface area contributed by atoms with E-state index in [2.05, 4.69) is 29.5 Å². The van der Waals surface area contributed by atoms with Crippen molar-refractivity contribution < 1.29 is 13.9 Å². The van der Waals surface area contributed by atoms with Gasteiger partial charge in [-0.1, -0.05) is 26.0 Å². The van der Waals surface area contributed by atoms with Crippen LogP contribution in [-0.4, -0.2) is 38.2 Å². The SMILES string of the molecule is CCOC(=O)C1CCC(NC(=NC)NCC(C)(C)c2cccc(F)c2)CC1. The Bertz CT molecular complexity index is 653. The van der Waals surface area contributed by atoms with Crippen molar-refractivity contribution in [2.24, 2.45) is 10.9 Å². The summed E-state index contributed by atoms with van der Waals surface area (Å²) in [5, 5.41) is 6.80. The Morgan fingerprint density at radius 3 is 2.59 bits per heavy atom. The summed E-state index contributed by atoms with van der Waals surface area (Å²) in [5.74, 6) is 0.459. The predicted molar refractivity (Wildman–Crippen MR) is 106 cm³/mol. The number of nitrogens with one attached hydrogen (secondary N) is 2. The van der Waals surface area contributed by atoms with Crippen molar-refractivity contribution in [3.8, 4) is 0 Å². The van der Waals surface area contributed by atoms with Gasteiger partial charge in [0.25, 0.3) is 0 Å². The quantitative estimate of drug-likeness (QED) is 0.453. The normalized spacial score (nSPS) is 20.9.